The Bertz CT molecular complexity index is 1150. The standard InChI is InChI=1S/C19H19N5O3S/c1-10(2)14-8-15(27-23-14)17(25)20-13-7-5-4-6-12(13)16-18(26)21-19-24(22-16)11(3)9-28-19/h4-7,9-10,15H,8H2,1-3H3,(H,20,25). The van der Waals surface area contributed by atoms with Gasteiger partial charge in [-0.1, -0.05) is 37.2 Å². The minimum atomic E-state index is -0.681. The normalized spacial score (nSPS) is 16.3. The number of benzene rings is 1. The maximum absolute atomic E-state index is 12.6. The van der Waals surface area contributed by atoms with Gasteiger partial charge in [0.1, 0.15) is 0 Å². The van der Waals surface area contributed by atoms with E-state index in [1.807, 2.05) is 26.2 Å². The van der Waals surface area contributed by atoms with Crippen LogP contribution in [0.25, 0.3) is 16.2 Å². The number of para-hydroxylation sites is 1. The third-order valence-corrected chi connectivity index (χ3v) is 5.47. The number of fused-ring (bicyclic) bond motifs is 1. The monoisotopic (exact) mass is 397 g/mol. The first-order chi connectivity index (χ1) is 13.4. The molecule has 2 aromatic heterocycles. The number of carbonyl (C=O) groups excluding carboxylic acids is 1. The zero-order valence-corrected chi connectivity index (χ0v) is 16.5. The summed E-state index contributed by atoms with van der Waals surface area (Å²) < 4.78 is 1.63. The van der Waals surface area contributed by atoms with Gasteiger partial charge in [-0.3, -0.25) is 9.59 Å². The summed E-state index contributed by atoms with van der Waals surface area (Å²) >= 11 is 1.36. The maximum Gasteiger partial charge on any atom is 0.300 e. The molecule has 3 heterocycles. The van der Waals surface area contributed by atoms with Crippen LogP contribution >= 0.6 is 11.3 Å². The molecule has 8 nitrogen and oxygen atoms in total. The van der Waals surface area contributed by atoms with Crippen molar-refractivity contribution in [3.63, 3.8) is 0 Å². The molecule has 0 bridgehead atoms. The molecular weight excluding hydrogens is 378 g/mol. The number of hydrogen-bond acceptors (Lipinski definition) is 7. The summed E-state index contributed by atoms with van der Waals surface area (Å²) in [5.41, 5.74) is 2.47. The summed E-state index contributed by atoms with van der Waals surface area (Å²) in [4.78, 5) is 35.1. The van der Waals surface area contributed by atoms with E-state index < -0.39 is 11.7 Å². The molecule has 0 radical (unpaired) electrons. The molecule has 1 aliphatic rings. The van der Waals surface area contributed by atoms with Crippen molar-refractivity contribution in [3.05, 3.63) is 45.7 Å². The van der Waals surface area contributed by atoms with Crippen molar-refractivity contribution in [2.45, 2.75) is 33.3 Å². The molecule has 1 unspecified atom stereocenters. The highest BCUT2D eigenvalue weighted by Crippen LogP contribution is 2.26. The predicted octanol–water partition coefficient (Wildman–Crippen LogP) is 2.87. The highest BCUT2D eigenvalue weighted by molar-refractivity contribution is 7.15. The smallest absolute Gasteiger partial charge is 0.300 e. The molecule has 0 fully saturated rings. The molecule has 1 aromatic carbocycles. The number of hydrogen-bond donors (Lipinski definition) is 1. The van der Waals surface area contributed by atoms with Crippen LogP contribution in [-0.4, -0.2) is 32.3 Å². The van der Waals surface area contributed by atoms with Gasteiger partial charge in [0.15, 0.2) is 5.69 Å². The fourth-order valence-corrected chi connectivity index (χ4v) is 3.72. The van der Waals surface area contributed by atoms with Gasteiger partial charge in [-0.2, -0.15) is 10.1 Å². The molecular formula is C19H19N5O3S. The summed E-state index contributed by atoms with van der Waals surface area (Å²) in [6.07, 6.45) is -0.229. The van der Waals surface area contributed by atoms with Gasteiger partial charge in [0.05, 0.1) is 17.1 Å². The van der Waals surface area contributed by atoms with Crippen molar-refractivity contribution in [2.75, 3.05) is 5.32 Å². The van der Waals surface area contributed by atoms with Crippen LogP contribution in [0.3, 0.4) is 0 Å². The molecule has 0 saturated carbocycles. The first-order valence-electron chi connectivity index (χ1n) is 8.92. The number of rotatable bonds is 4. The van der Waals surface area contributed by atoms with Crippen molar-refractivity contribution in [1.29, 1.82) is 0 Å². The minimum absolute atomic E-state index is 0.182. The Morgan fingerprint density at radius 2 is 2.14 bits per heavy atom. The third kappa shape index (κ3) is 3.29. The van der Waals surface area contributed by atoms with E-state index in [1.54, 1.807) is 28.8 Å². The molecule has 1 atom stereocenters. The Morgan fingerprint density at radius 3 is 2.89 bits per heavy atom. The first kappa shape index (κ1) is 18.3. The number of carbonyl (C=O) groups is 1. The highest BCUT2D eigenvalue weighted by atomic mass is 32.1. The van der Waals surface area contributed by atoms with Crippen molar-refractivity contribution in [2.24, 2.45) is 11.1 Å². The summed E-state index contributed by atoms with van der Waals surface area (Å²) in [6.45, 7) is 5.91. The van der Waals surface area contributed by atoms with Gasteiger partial charge in [-0.25, -0.2) is 4.52 Å². The lowest BCUT2D eigenvalue weighted by atomic mass is 10.0. The SMILES string of the molecule is Cc1csc2nc(=O)c(-c3ccccc3NC(=O)C3CC(C(C)C)=NO3)nn12. The number of aryl methyl sites for hydroxylation is 1. The lowest BCUT2D eigenvalue weighted by Gasteiger charge is -2.13. The average Bonchev–Trinajstić information content (AvgIpc) is 3.29. The van der Waals surface area contributed by atoms with E-state index in [2.05, 4.69) is 20.6 Å². The van der Waals surface area contributed by atoms with Crippen LogP contribution in [0.1, 0.15) is 26.0 Å². The van der Waals surface area contributed by atoms with Gasteiger partial charge in [-0.15, -0.1) is 11.3 Å². The Hall–Kier alpha value is -3.07. The molecule has 0 spiro atoms. The number of nitrogens with zero attached hydrogens (tertiary/aromatic N) is 4. The Labute approximate surface area is 164 Å². The lowest BCUT2D eigenvalue weighted by molar-refractivity contribution is -0.125. The van der Waals surface area contributed by atoms with Gasteiger partial charge in [0.25, 0.3) is 5.91 Å². The second-order valence-electron chi connectivity index (χ2n) is 6.91. The number of amides is 1. The Balaban J connectivity index is 1.65. The summed E-state index contributed by atoms with van der Waals surface area (Å²) in [7, 11) is 0. The molecule has 1 N–H and O–H groups in total. The quantitative estimate of drug-likeness (QED) is 0.730. The molecule has 1 aliphatic heterocycles. The fraction of sp³-hybridized carbons (Fsp3) is 0.316. The van der Waals surface area contributed by atoms with Crippen LogP contribution in [0.15, 0.2) is 39.6 Å². The predicted molar refractivity (Wildman–Crippen MR) is 108 cm³/mol. The largest absolute Gasteiger partial charge is 0.382 e. The molecule has 3 aromatic rings. The van der Waals surface area contributed by atoms with Crippen molar-refractivity contribution < 1.29 is 9.63 Å². The van der Waals surface area contributed by atoms with Gasteiger partial charge >= 0.3 is 5.56 Å². The van der Waals surface area contributed by atoms with Gasteiger partial charge in [-0.05, 0) is 18.9 Å². The lowest BCUT2D eigenvalue weighted by Crippen LogP contribution is -2.29. The summed E-state index contributed by atoms with van der Waals surface area (Å²) in [5.74, 6) is -0.0892. The van der Waals surface area contributed by atoms with Crippen LogP contribution in [0.2, 0.25) is 0 Å². The van der Waals surface area contributed by atoms with Crippen LogP contribution < -0.4 is 10.9 Å². The van der Waals surface area contributed by atoms with Crippen LogP contribution in [0, 0.1) is 12.8 Å². The molecule has 4 rings (SSSR count). The molecule has 1 amide bonds. The third-order valence-electron chi connectivity index (χ3n) is 4.54. The van der Waals surface area contributed by atoms with Crippen LogP contribution in [-0.2, 0) is 9.63 Å². The van der Waals surface area contributed by atoms with E-state index in [-0.39, 0.29) is 17.5 Å². The number of nitrogens with one attached hydrogen (secondary N) is 1. The second kappa shape index (κ2) is 7.16. The van der Waals surface area contributed by atoms with E-state index in [4.69, 9.17) is 4.84 Å². The van der Waals surface area contributed by atoms with E-state index in [1.165, 1.54) is 11.3 Å². The van der Waals surface area contributed by atoms with E-state index in [0.29, 0.717) is 22.6 Å². The number of aromatic nitrogens is 3. The van der Waals surface area contributed by atoms with Crippen molar-refractivity contribution in [1.82, 2.24) is 14.6 Å². The number of oxime groups is 1. The van der Waals surface area contributed by atoms with Crippen molar-refractivity contribution >= 4 is 33.6 Å². The van der Waals surface area contributed by atoms with E-state index >= 15 is 0 Å². The fourth-order valence-electron chi connectivity index (χ4n) is 2.93. The van der Waals surface area contributed by atoms with E-state index in [9.17, 15) is 9.59 Å². The summed E-state index contributed by atoms with van der Waals surface area (Å²) in [5, 5.41) is 13.2. The number of thiazole rings is 1. The molecule has 0 saturated heterocycles. The molecule has 144 valence electrons. The Kier molecular flexibility index (Phi) is 4.68. The maximum atomic E-state index is 12.6. The van der Waals surface area contributed by atoms with E-state index in [0.717, 1.165) is 11.4 Å². The van der Waals surface area contributed by atoms with Crippen LogP contribution in [0.4, 0.5) is 5.69 Å². The molecule has 0 aliphatic carbocycles. The number of anilines is 1. The van der Waals surface area contributed by atoms with Gasteiger partial charge < -0.3 is 10.2 Å². The van der Waals surface area contributed by atoms with Gasteiger partial charge in [0.2, 0.25) is 11.1 Å². The Morgan fingerprint density at radius 1 is 1.36 bits per heavy atom. The zero-order valence-electron chi connectivity index (χ0n) is 15.7. The van der Waals surface area contributed by atoms with Gasteiger partial charge in [0, 0.05) is 17.4 Å². The van der Waals surface area contributed by atoms with Crippen molar-refractivity contribution in [3.8, 4) is 11.3 Å². The highest BCUT2D eigenvalue weighted by Gasteiger charge is 2.30. The molecule has 28 heavy (non-hydrogen) atoms. The molecule has 9 heteroatoms. The topological polar surface area (TPSA) is 98.0 Å². The minimum Gasteiger partial charge on any atom is -0.382 e. The second-order valence-corrected chi connectivity index (χ2v) is 7.74. The zero-order chi connectivity index (χ0) is 19.8. The average molecular weight is 397 g/mol. The first-order valence-corrected chi connectivity index (χ1v) is 9.80. The summed E-state index contributed by atoms with van der Waals surface area (Å²) in [6, 6.07) is 7.03. The van der Waals surface area contributed by atoms with Crippen LogP contribution in [0.5, 0.6) is 0 Å².